The van der Waals surface area contributed by atoms with E-state index in [1.54, 1.807) is 31.2 Å². The van der Waals surface area contributed by atoms with Gasteiger partial charge in [-0.05, 0) is 49.2 Å². The fourth-order valence-corrected chi connectivity index (χ4v) is 2.71. The molecule has 0 aliphatic heterocycles. The normalized spacial score (nSPS) is 10.7. The number of halogens is 1. The Hall–Kier alpha value is -2.79. The van der Waals surface area contributed by atoms with Gasteiger partial charge in [-0.2, -0.15) is 0 Å². The third-order valence-corrected chi connectivity index (χ3v) is 4.27. The number of amides is 1. The van der Waals surface area contributed by atoms with Gasteiger partial charge in [0.05, 0.1) is 12.1 Å². The van der Waals surface area contributed by atoms with Crippen molar-refractivity contribution < 1.29 is 14.3 Å². The second kappa shape index (κ2) is 8.06. The van der Waals surface area contributed by atoms with Gasteiger partial charge in [-0.3, -0.25) is 4.79 Å². The number of hydrogen-bond donors (Lipinski definition) is 2. The average molecular weight is 371 g/mol. The van der Waals surface area contributed by atoms with Gasteiger partial charge in [-0.25, -0.2) is 4.98 Å². The van der Waals surface area contributed by atoms with Gasteiger partial charge >= 0.3 is 0 Å². The summed E-state index contributed by atoms with van der Waals surface area (Å²) < 4.78 is 5.66. The molecular weight excluding hydrogens is 352 g/mol. The molecule has 0 fully saturated rings. The molecular formula is C20H19ClN2O3. The number of hydrogen-bond acceptors (Lipinski definition) is 4. The van der Waals surface area contributed by atoms with Crippen molar-refractivity contribution in [2.24, 2.45) is 0 Å². The van der Waals surface area contributed by atoms with Crippen LogP contribution in [0.3, 0.4) is 0 Å². The minimum atomic E-state index is -0.139. The second-order valence-corrected chi connectivity index (χ2v) is 6.37. The number of phenolic OH excluding ortho intramolecular Hbond substituents is 1. The first-order valence-electron chi connectivity index (χ1n) is 8.29. The van der Waals surface area contributed by atoms with Crippen molar-refractivity contribution >= 4 is 17.5 Å². The molecule has 0 aliphatic rings. The number of rotatable bonds is 6. The van der Waals surface area contributed by atoms with E-state index in [2.05, 4.69) is 10.3 Å². The van der Waals surface area contributed by atoms with Crippen LogP contribution in [-0.4, -0.2) is 22.5 Å². The molecule has 0 unspecified atom stereocenters. The molecule has 0 radical (unpaired) electrons. The SMILES string of the molecule is Cc1oc(-c2ccc(Cl)cc2)nc1CC(=O)NCCc1ccccc1O. The standard InChI is InChI=1S/C20H19ClN2O3/c1-13-17(23-20(26-13)15-6-8-16(21)9-7-15)12-19(25)22-11-10-14-4-2-3-5-18(14)24/h2-9,24H,10-12H2,1H3,(H,22,25). The van der Waals surface area contributed by atoms with Crippen LogP contribution in [0.1, 0.15) is 17.0 Å². The van der Waals surface area contributed by atoms with Crippen LogP contribution in [0.2, 0.25) is 5.02 Å². The lowest BCUT2D eigenvalue weighted by atomic mass is 10.1. The highest BCUT2D eigenvalue weighted by Crippen LogP contribution is 2.23. The Bertz CT molecular complexity index is 904. The first-order valence-corrected chi connectivity index (χ1v) is 8.66. The number of carbonyl (C=O) groups excluding carboxylic acids is 1. The number of para-hydroxylation sites is 1. The van der Waals surface area contributed by atoms with Crippen LogP contribution in [0.4, 0.5) is 0 Å². The van der Waals surface area contributed by atoms with Crippen molar-refractivity contribution in [3.63, 3.8) is 0 Å². The number of aryl methyl sites for hydroxylation is 1. The largest absolute Gasteiger partial charge is 0.508 e. The van der Waals surface area contributed by atoms with Crippen LogP contribution in [0.15, 0.2) is 52.9 Å². The highest BCUT2D eigenvalue weighted by molar-refractivity contribution is 6.30. The summed E-state index contributed by atoms with van der Waals surface area (Å²) in [5.41, 5.74) is 2.22. The van der Waals surface area contributed by atoms with E-state index in [1.165, 1.54) is 0 Å². The molecule has 3 aromatic rings. The molecule has 2 aromatic carbocycles. The van der Waals surface area contributed by atoms with Crippen molar-refractivity contribution in [1.29, 1.82) is 0 Å². The van der Waals surface area contributed by atoms with E-state index in [-0.39, 0.29) is 18.1 Å². The smallest absolute Gasteiger partial charge is 0.226 e. The van der Waals surface area contributed by atoms with Gasteiger partial charge < -0.3 is 14.8 Å². The zero-order valence-corrected chi connectivity index (χ0v) is 15.1. The summed E-state index contributed by atoms with van der Waals surface area (Å²) in [5.74, 6) is 1.18. The Morgan fingerprint density at radius 1 is 1.19 bits per heavy atom. The van der Waals surface area contributed by atoms with Crippen molar-refractivity contribution in [3.05, 3.63) is 70.6 Å². The number of oxazole rings is 1. The molecule has 0 atom stereocenters. The number of aromatic nitrogens is 1. The number of nitrogens with one attached hydrogen (secondary N) is 1. The fraction of sp³-hybridized carbons (Fsp3) is 0.200. The van der Waals surface area contributed by atoms with Gasteiger partial charge in [0, 0.05) is 17.1 Å². The summed E-state index contributed by atoms with van der Waals surface area (Å²) >= 11 is 5.89. The monoisotopic (exact) mass is 370 g/mol. The van der Waals surface area contributed by atoms with Crippen LogP contribution in [0.5, 0.6) is 5.75 Å². The highest BCUT2D eigenvalue weighted by Gasteiger charge is 2.14. The number of aromatic hydroxyl groups is 1. The molecule has 1 aromatic heterocycles. The van der Waals surface area contributed by atoms with Crippen LogP contribution in [0, 0.1) is 6.92 Å². The van der Waals surface area contributed by atoms with Crippen molar-refractivity contribution in [1.82, 2.24) is 10.3 Å². The van der Waals surface area contributed by atoms with Crippen LogP contribution >= 0.6 is 11.6 Å². The maximum Gasteiger partial charge on any atom is 0.226 e. The highest BCUT2D eigenvalue weighted by atomic mass is 35.5. The third-order valence-electron chi connectivity index (χ3n) is 4.02. The predicted octanol–water partition coefficient (Wildman–Crippen LogP) is 3.91. The van der Waals surface area contributed by atoms with E-state index in [0.717, 1.165) is 11.1 Å². The first-order chi connectivity index (χ1) is 12.5. The maximum atomic E-state index is 12.2. The van der Waals surface area contributed by atoms with E-state index < -0.39 is 0 Å². The summed E-state index contributed by atoms with van der Waals surface area (Å²) in [7, 11) is 0. The molecule has 134 valence electrons. The third kappa shape index (κ3) is 4.43. The van der Waals surface area contributed by atoms with E-state index in [4.69, 9.17) is 16.0 Å². The molecule has 2 N–H and O–H groups in total. The summed E-state index contributed by atoms with van der Waals surface area (Å²) in [5, 5.41) is 13.2. The first kappa shape index (κ1) is 18.0. The van der Waals surface area contributed by atoms with Gasteiger partial charge in [0.2, 0.25) is 11.8 Å². The number of benzene rings is 2. The van der Waals surface area contributed by atoms with Gasteiger partial charge in [0.25, 0.3) is 0 Å². The number of carbonyl (C=O) groups is 1. The van der Waals surface area contributed by atoms with E-state index >= 15 is 0 Å². The van der Waals surface area contributed by atoms with Gasteiger partial charge in [0.1, 0.15) is 11.5 Å². The molecule has 6 heteroatoms. The molecule has 0 saturated carbocycles. The van der Waals surface area contributed by atoms with Crippen molar-refractivity contribution in [2.75, 3.05) is 6.54 Å². The molecule has 0 spiro atoms. The Labute approximate surface area is 156 Å². The Kier molecular flexibility index (Phi) is 5.58. The fourth-order valence-electron chi connectivity index (χ4n) is 2.58. The molecule has 0 bridgehead atoms. The molecule has 5 nitrogen and oxygen atoms in total. The van der Waals surface area contributed by atoms with Crippen LogP contribution in [0.25, 0.3) is 11.5 Å². The Balaban J connectivity index is 1.57. The quantitative estimate of drug-likeness (QED) is 0.689. The lowest BCUT2D eigenvalue weighted by Gasteiger charge is -2.06. The van der Waals surface area contributed by atoms with E-state index in [1.807, 2.05) is 24.3 Å². The zero-order chi connectivity index (χ0) is 18.5. The Morgan fingerprint density at radius 3 is 2.65 bits per heavy atom. The predicted molar refractivity (Wildman–Crippen MR) is 100 cm³/mol. The molecule has 3 rings (SSSR count). The van der Waals surface area contributed by atoms with Crippen LogP contribution in [-0.2, 0) is 17.6 Å². The summed E-state index contributed by atoms with van der Waals surface area (Å²) in [6.45, 7) is 2.23. The summed E-state index contributed by atoms with van der Waals surface area (Å²) in [4.78, 5) is 16.6. The van der Waals surface area contributed by atoms with E-state index in [9.17, 15) is 9.90 Å². The molecule has 1 amide bonds. The maximum absolute atomic E-state index is 12.2. The zero-order valence-electron chi connectivity index (χ0n) is 14.3. The van der Waals surface area contributed by atoms with Crippen molar-refractivity contribution in [2.45, 2.75) is 19.8 Å². The van der Waals surface area contributed by atoms with Crippen molar-refractivity contribution in [3.8, 4) is 17.2 Å². The molecule has 0 saturated heterocycles. The lowest BCUT2D eigenvalue weighted by Crippen LogP contribution is -2.27. The lowest BCUT2D eigenvalue weighted by molar-refractivity contribution is -0.120. The molecule has 26 heavy (non-hydrogen) atoms. The molecule has 1 heterocycles. The van der Waals surface area contributed by atoms with Gasteiger partial charge in [-0.15, -0.1) is 0 Å². The summed E-state index contributed by atoms with van der Waals surface area (Å²) in [6.07, 6.45) is 0.704. The van der Waals surface area contributed by atoms with E-state index in [0.29, 0.717) is 35.3 Å². The second-order valence-electron chi connectivity index (χ2n) is 5.93. The minimum Gasteiger partial charge on any atom is -0.508 e. The average Bonchev–Trinajstić information content (AvgIpc) is 2.98. The topological polar surface area (TPSA) is 75.4 Å². The summed E-state index contributed by atoms with van der Waals surface area (Å²) in [6, 6.07) is 14.3. The minimum absolute atomic E-state index is 0.139. The molecule has 0 aliphatic carbocycles. The Morgan fingerprint density at radius 2 is 1.92 bits per heavy atom. The van der Waals surface area contributed by atoms with Crippen LogP contribution < -0.4 is 5.32 Å². The van der Waals surface area contributed by atoms with Gasteiger partial charge in [0.15, 0.2) is 0 Å². The number of phenols is 1. The van der Waals surface area contributed by atoms with Gasteiger partial charge in [-0.1, -0.05) is 29.8 Å². The number of nitrogens with zero attached hydrogens (tertiary/aromatic N) is 1.